The van der Waals surface area contributed by atoms with Crippen LogP contribution in [0.1, 0.15) is 33.9 Å². The maximum Gasteiger partial charge on any atom is 0.305 e. The van der Waals surface area contributed by atoms with Gasteiger partial charge >= 0.3 is 4.87 Å². The molecule has 1 saturated heterocycles. The second kappa shape index (κ2) is 9.86. The number of carbonyl (C=O) groups excluding carboxylic acids is 2. The lowest BCUT2D eigenvalue weighted by Gasteiger charge is -2.43. The summed E-state index contributed by atoms with van der Waals surface area (Å²) in [6.07, 6.45) is 0.858. The molecule has 212 valence electrons. The molecule has 2 bridgehead atoms. The molecule has 1 aromatic heterocycles. The lowest BCUT2D eigenvalue weighted by molar-refractivity contribution is -0.123. The topological polar surface area (TPSA) is 79.5 Å². The van der Waals surface area contributed by atoms with Crippen LogP contribution in [-0.2, 0) is 16.2 Å². The third-order valence-corrected chi connectivity index (χ3v) is 12.4. The van der Waals surface area contributed by atoms with Crippen molar-refractivity contribution in [2.45, 2.75) is 36.1 Å². The molecular formula is C33H27ClN2O4S2. The van der Waals surface area contributed by atoms with E-state index in [2.05, 4.69) is 48.3 Å². The lowest BCUT2D eigenvalue weighted by atomic mass is 9.68. The van der Waals surface area contributed by atoms with Crippen molar-refractivity contribution in [2.75, 3.05) is 4.90 Å². The van der Waals surface area contributed by atoms with E-state index in [0.29, 0.717) is 17.3 Å². The number of aromatic nitrogens is 1. The average molecular weight is 615 g/mol. The van der Waals surface area contributed by atoms with Crippen molar-refractivity contribution >= 4 is 52.2 Å². The fourth-order valence-electron chi connectivity index (χ4n) is 7.86. The van der Waals surface area contributed by atoms with Gasteiger partial charge in [0.15, 0.2) is 0 Å². The molecule has 0 radical (unpaired) electrons. The fourth-order valence-corrected chi connectivity index (χ4v) is 10.9. The van der Waals surface area contributed by atoms with Crippen molar-refractivity contribution in [1.82, 2.24) is 4.98 Å². The van der Waals surface area contributed by atoms with Crippen LogP contribution >= 0.6 is 34.7 Å². The molecule has 2 aliphatic heterocycles. The number of thioether (sulfide) groups is 1. The number of hydrogen-bond acceptors (Lipinski definition) is 6. The first kappa shape index (κ1) is 26.3. The van der Waals surface area contributed by atoms with E-state index in [4.69, 9.17) is 16.3 Å². The Bertz CT molecular complexity index is 1770. The predicted molar refractivity (Wildman–Crippen MR) is 164 cm³/mol. The van der Waals surface area contributed by atoms with E-state index < -0.39 is 0 Å². The minimum absolute atomic E-state index is 0.0233. The van der Waals surface area contributed by atoms with Crippen molar-refractivity contribution in [1.29, 1.82) is 0 Å². The number of nitrogens with zero attached hydrogens (tertiary/aromatic N) is 1. The van der Waals surface area contributed by atoms with Crippen molar-refractivity contribution in [3.8, 4) is 5.75 Å². The number of nitrogens with one attached hydrogen (secondary N) is 1. The van der Waals surface area contributed by atoms with Gasteiger partial charge in [-0.3, -0.25) is 19.3 Å². The Morgan fingerprint density at radius 1 is 0.905 bits per heavy atom. The second-order valence-corrected chi connectivity index (χ2v) is 14.4. The number of halogens is 1. The number of rotatable bonds is 5. The Kier molecular flexibility index (Phi) is 6.18. The number of amides is 2. The van der Waals surface area contributed by atoms with Gasteiger partial charge in [-0.2, -0.15) is 0 Å². The molecule has 4 aromatic rings. The molecule has 0 unspecified atom stereocenters. The first-order valence-corrected chi connectivity index (χ1v) is 16.3. The molecule has 7 atom stereocenters. The minimum atomic E-state index is -0.336. The molecule has 4 aliphatic rings. The van der Waals surface area contributed by atoms with Crippen LogP contribution < -0.4 is 14.5 Å². The number of ether oxygens (including phenoxy) is 1. The van der Waals surface area contributed by atoms with E-state index in [-0.39, 0.29) is 57.4 Å². The molecule has 42 heavy (non-hydrogen) atoms. The number of carbonyl (C=O) groups is 2. The summed E-state index contributed by atoms with van der Waals surface area (Å²) >= 11 is 9.05. The zero-order chi connectivity index (χ0) is 28.7. The van der Waals surface area contributed by atoms with E-state index in [1.54, 1.807) is 36.0 Å². The van der Waals surface area contributed by atoms with Gasteiger partial charge in [-0.25, -0.2) is 0 Å². The van der Waals surface area contributed by atoms with Crippen LogP contribution in [0.4, 0.5) is 5.69 Å². The summed E-state index contributed by atoms with van der Waals surface area (Å²) < 4.78 is 6.07. The van der Waals surface area contributed by atoms with Crippen LogP contribution in [0.15, 0.2) is 82.6 Å². The number of imide groups is 1. The Morgan fingerprint density at radius 3 is 2.31 bits per heavy atom. The molecule has 2 amide bonds. The summed E-state index contributed by atoms with van der Waals surface area (Å²) in [6, 6.07) is 23.4. The van der Waals surface area contributed by atoms with E-state index in [0.717, 1.165) is 33.2 Å². The highest BCUT2D eigenvalue weighted by atomic mass is 35.5. The Balaban J connectivity index is 1.11. The number of anilines is 1. The number of aromatic amines is 1. The van der Waals surface area contributed by atoms with Gasteiger partial charge in [0.05, 0.1) is 22.5 Å². The third-order valence-electron chi connectivity index (χ3n) is 9.57. The van der Waals surface area contributed by atoms with Crippen molar-refractivity contribution in [2.24, 2.45) is 29.6 Å². The highest BCUT2D eigenvalue weighted by Crippen LogP contribution is 2.68. The van der Waals surface area contributed by atoms with Gasteiger partial charge in [-0.1, -0.05) is 64.9 Å². The Labute approximate surface area is 256 Å². The number of thiazole rings is 1. The van der Waals surface area contributed by atoms with Gasteiger partial charge in [-0.15, -0.1) is 11.8 Å². The third kappa shape index (κ3) is 4.02. The van der Waals surface area contributed by atoms with E-state index in [1.165, 1.54) is 21.8 Å². The number of H-pyrrole nitrogens is 1. The van der Waals surface area contributed by atoms with Crippen LogP contribution in [0.5, 0.6) is 5.75 Å². The van der Waals surface area contributed by atoms with Crippen molar-refractivity contribution < 1.29 is 14.3 Å². The number of hydrogen-bond donors (Lipinski definition) is 1. The van der Waals surface area contributed by atoms with Crippen molar-refractivity contribution in [3.05, 3.63) is 109 Å². The predicted octanol–water partition coefficient (Wildman–Crippen LogP) is 6.66. The molecule has 3 fully saturated rings. The quantitative estimate of drug-likeness (QED) is 0.255. The van der Waals surface area contributed by atoms with Gasteiger partial charge in [0.1, 0.15) is 12.4 Å². The van der Waals surface area contributed by atoms with Crippen molar-refractivity contribution in [3.63, 3.8) is 0 Å². The monoisotopic (exact) mass is 614 g/mol. The van der Waals surface area contributed by atoms with Crippen LogP contribution in [0.2, 0.25) is 5.02 Å². The van der Waals surface area contributed by atoms with Crippen LogP contribution in [-0.4, -0.2) is 22.0 Å². The maximum atomic E-state index is 13.9. The van der Waals surface area contributed by atoms with Gasteiger partial charge in [0.25, 0.3) is 0 Å². The van der Waals surface area contributed by atoms with Crippen LogP contribution in [0.3, 0.4) is 0 Å². The summed E-state index contributed by atoms with van der Waals surface area (Å²) in [7, 11) is 0. The minimum Gasteiger partial charge on any atom is -0.489 e. The zero-order valence-electron chi connectivity index (χ0n) is 22.7. The average Bonchev–Trinajstić information content (AvgIpc) is 3.72. The molecule has 6 nitrogen and oxygen atoms in total. The lowest BCUT2D eigenvalue weighted by Crippen LogP contribution is -2.42. The number of fused-ring (bicyclic) bond motifs is 9. The molecule has 0 spiro atoms. The highest BCUT2D eigenvalue weighted by Gasteiger charge is 2.69. The highest BCUT2D eigenvalue weighted by molar-refractivity contribution is 8.00. The normalized spacial score (nSPS) is 29.0. The van der Waals surface area contributed by atoms with Gasteiger partial charge < -0.3 is 9.72 Å². The molecule has 8 rings (SSSR count). The molecule has 1 N–H and O–H groups in total. The molecule has 3 heterocycles. The molecule has 2 saturated carbocycles. The van der Waals surface area contributed by atoms with Gasteiger partial charge in [0.2, 0.25) is 11.8 Å². The summed E-state index contributed by atoms with van der Waals surface area (Å²) in [5.41, 5.74) is 4.02. The van der Waals surface area contributed by atoms with Gasteiger partial charge in [0, 0.05) is 21.1 Å². The Hall–Kier alpha value is -3.33. The first-order chi connectivity index (χ1) is 20.4. The maximum absolute atomic E-state index is 13.9. The van der Waals surface area contributed by atoms with E-state index in [9.17, 15) is 14.4 Å². The first-order valence-electron chi connectivity index (χ1n) is 14.2. The summed E-state index contributed by atoms with van der Waals surface area (Å²) in [4.78, 5) is 45.6. The number of aryl methyl sites for hydroxylation is 1. The number of benzene rings is 3. The molecule has 9 heteroatoms. The largest absolute Gasteiger partial charge is 0.489 e. The van der Waals surface area contributed by atoms with Gasteiger partial charge in [-0.05, 0) is 78.6 Å². The SMILES string of the molecule is Cc1ccc(COc2ccc([C@@H]3c4sc(=O)[nH]c4S[C@@H]4[C@@H]5C[C@@H]([C@@H]6C(=O)N(c7ccc(Cl)cc7)C(=O)[C@@H]56)[C@@H]34)cc2)cc1. The summed E-state index contributed by atoms with van der Waals surface area (Å²) in [6.45, 7) is 2.55. The fraction of sp³-hybridized carbons (Fsp3) is 0.303. The van der Waals surface area contributed by atoms with E-state index in [1.807, 2.05) is 12.1 Å². The van der Waals surface area contributed by atoms with Crippen LogP contribution in [0.25, 0.3) is 0 Å². The van der Waals surface area contributed by atoms with E-state index >= 15 is 0 Å². The smallest absolute Gasteiger partial charge is 0.305 e. The second-order valence-electron chi connectivity index (χ2n) is 11.8. The van der Waals surface area contributed by atoms with Crippen LogP contribution in [0, 0.1) is 36.5 Å². The molecule has 3 aromatic carbocycles. The summed E-state index contributed by atoms with van der Waals surface area (Å²) in [5, 5.41) is 1.62. The standard InChI is InChI=1S/C33H27ClN2O4S2/c1-16-2-4-17(5-3-16)15-40-21-12-6-18(7-13-21)24-25-22-14-23(28(25)41-30-29(24)42-33(39)35-30)27-26(22)31(37)36(32(27)38)20-10-8-19(34)9-11-20/h2-13,22-28H,14-15H2,1H3,(H,35,39)/t22-,23-,24+,25+,26+,27+,28-/m1/s1. The zero-order valence-corrected chi connectivity index (χ0v) is 25.0. The summed E-state index contributed by atoms with van der Waals surface area (Å²) in [5.74, 6) is 0.205. The molecule has 2 aliphatic carbocycles. The Morgan fingerprint density at radius 2 is 1.60 bits per heavy atom. The molecular weight excluding hydrogens is 588 g/mol.